The van der Waals surface area contributed by atoms with Crippen LogP contribution in [0.1, 0.15) is 54.9 Å². The summed E-state index contributed by atoms with van der Waals surface area (Å²) in [6.07, 6.45) is 4.85. The molecule has 0 N–H and O–H groups in total. The van der Waals surface area contributed by atoms with Crippen molar-refractivity contribution in [2.24, 2.45) is 0 Å². The fourth-order valence-electron chi connectivity index (χ4n) is 3.04. The number of hydrogen-bond acceptors (Lipinski definition) is 3. The Morgan fingerprint density at radius 1 is 1.09 bits per heavy atom. The van der Waals surface area contributed by atoms with Crippen molar-refractivity contribution >= 4 is 0 Å². The molecule has 4 rings (SSSR count). The minimum Gasteiger partial charge on any atom is -0.311 e. The molecule has 2 aromatic rings. The normalized spacial score (nSPS) is 17.9. The molecule has 0 amide bonds. The van der Waals surface area contributed by atoms with E-state index in [1.54, 1.807) is 6.07 Å². The molecular formula is C17H20F2N4. The highest BCUT2D eigenvalue weighted by Gasteiger charge is 2.36. The van der Waals surface area contributed by atoms with E-state index in [9.17, 15) is 8.78 Å². The molecule has 0 atom stereocenters. The summed E-state index contributed by atoms with van der Waals surface area (Å²) in [7, 11) is 1.96. The van der Waals surface area contributed by atoms with Crippen molar-refractivity contribution in [1.29, 1.82) is 0 Å². The van der Waals surface area contributed by atoms with Crippen molar-refractivity contribution in [3.8, 4) is 0 Å². The molecule has 0 bridgehead atoms. The topological polar surface area (TPSA) is 34.0 Å². The molecule has 122 valence electrons. The highest BCUT2D eigenvalue weighted by Crippen LogP contribution is 2.44. The first-order chi connectivity index (χ1) is 11.1. The Bertz CT molecular complexity index is 719. The van der Waals surface area contributed by atoms with Gasteiger partial charge in [-0.2, -0.15) is 0 Å². The van der Waals surface area contributed by atoms with Gasteiger partial charge in [-0.05, 0) is 50.4 Å². The van der Waals surface area contributed by atoms with Gasteiger partial charge in [0.15, 0.2) is 11.6 Å². The maximum absolute atomic E-state index is 13.3. The monoisotopic (exact) mass is 318 g/mol. The highest BCUT2D eigenvalue weighted by molar-refractivity contribution is 5.18. The molecule has 0 radical (unpaired) electrons. The molecule has 23 heavy (non-hydrogen) atoms. The third-order valence-corrected chi connectivity index (χ3v) is 4.50. The lowest BCUT2D eigenvalue weighted by molar-refractivity contribution is 0.303. The number of aromatic nitrogens is 3. The van der Waals surface area contributed by atoms with E-state index >= 15 is 0 Å². The molecule has 0 aliphatic heterocycles. The van der Waals surface area contributed by atoms with E-state index < -0.39 is 11.6 Å². The van der Waals surface area contributed by atoms with Gasteiger partial charge in [0.05, 0.1) is 6.54 Å². The molecular weight excluding hydrogens is 298 g/mol. The van der Waals surface area contributed by atoms with E-state index in [2.05, 4.69) is 19.7 Å². The van der Waals surface area contributed by atoms with E-state index in [1.807, 2.05) is 7.05 Å². The SMILES string of the molecule is CN(Cc1ccc(F)c(F)c1)Cc1nnc(C2CC2)n1C1CC1. The van der Waals surface area contributed by atoms with Crippen molar-refractivity contribution in [3.63, 3.8) is 0 Å². The largest absolute Gasteiger partial charge is 0.311 e. The van der Waals surface area contributed by atoms with Crippen LogP contribution in [0.25, 0.3) is 0 Å². The Kier molecular flexibility index (Phi) is 3.64. The molecule has 1 heterocycles. The van der Waals surface area contributed by atoms with Gasteiger partial charge in [-0.1, -0.05) is 6.07 Å². The predicted octanol–water partition coefficient (Wildman–Crippen LogP) is 3.40. The maximum atomic E-state index is 13.3. The smallest absolute Gasteiger partial charge is 0.159 e. The molecule has 1 aromatic heterocycles. The lowest BCUT2D eigenvalue weighted by Gasteiger charge is -2.17. The molecule has 2 aliphatic carbocycles. The average Bonchev–Trinajstić information content (AvgIpc) is 3.42. The van der Waals surface area contributed by atoms with Crippen LogP contribution in [0.3, 0.4) is 0 Å². The van der Waals surface area contributed by atoms with Gasteiger partial charge >= 0.3 is 0 Å². The second-order valence-electron chi connectivity index (χ2n) is 6.77. The van der Waals surface area contributed by atoms with Crippen LogP contribution in [0.4, 0.5) is 8.78 Å². The first kappa shape index (κ1) is 14.8. The molecule has 2 fully saturated rings. The van der Waals surface area contributed by atoms with Crippen LogP contribution in [0.15, 0.2) is 18.2 Å². The first-order valence-electron chi connectivity index (χ1n) is 8.18. The quantitative estimate of drug-likeness (QED) is 0.818. The van der Waals surface area contributed by atoms with E-state index in [1.165, 1.54) is 37.8 Å². The van der Waals surface area contributed by atoms with Crippen molar-refractivity contribution in [1.82, 2.24) is 19.7 Å². The van der Waals surface area contributed by atoms with Gasteiger partial charge in [0.2, 0.25) is 0 Å². The molecule has 2 saturated carbocycles. The second kappa shape index (κ2) is 5.67. The van der Waals surface area contributed by atoms with Gasteiger partial charge in [0.1, 0.15) is 11.6 Å². The molecule has 1 aromatic carbocycles. The van der Waals surface area contributed by atoms with Crippen LogP contribution in [0.5, 0.6) is 0 Å². The zero-order chi connectivity index (χ0) is 16.0. The highest BCUT2D eigenvalue weighted by atomic mass is 19.2. The summed E-state index contributed by atoms with van der Waals surface area (Å²) in [5.41, 5.74) is 0.756. The van der Waals surface area contributed by atoms with E-state index in [-0.39, 0.29) is 0 Å². The van der Waals surface area contributed by atoms with Gasteiger partial charge in [0.25, 0.3) is 0 Å². The summed E-state index contributed by atoms with van der Waals surface area (Å²) in [6, 6.07) is 4.62. The van der Waals surface area contributed by atoms with Crippen molar-refractivity contribution in [2.75, 3.05) is 7.05 Å². The minimum atomic E-state index is -0.807. The lowest BCUT2D eigenvalue weighted by atomic mass is 10.2. The van der Waals surface area contributed by atoms with Gasteiger partial charge in [0, 0.05) is 18.5 Å². The maximum Gasteiger partial charge on any atom is 0.159 e. The Balaban J connectivity index is 1.48. The minimum absolute atomic E-state index is 0.549. The van der Waals surface area contributed by atoms with Gasteiger partial charge in [-0.3, -0.25) is 4.90 Å². The van der Waals surface area contributed by atoms with Crippen LogP contribution in [-0.2, 0) is 13.1 Å². The molecule has 0 unspecified atom stereocenters. The third-order valence-electron chi connectivity index (χ3n) is 4.50. The van der Waals surface area contributed by atoms with Crippen molar-refractivity contribution in [2.45, 2.75) is 50.7 Å². The van der Waals surface area contributed by atoms with Crippen LogP contribution >= 0.6 is 0 Å². The molecule has 0 saturated heterocycles. The number of halogens is 2. The molecule has 6 heteroatoms. The summed E-state index contributed by atoms with van der Waals surface area (Å²) in [5, 5.41) is 8.79. The summed E-state index contributed by atoms with van der Waals surface area (Å²) >= 11 is 0. The van der Waals surface area contributed by atoms with E-state index in [4.69, 9.17) is 0 Å². The van der Waals surface area contributed by atoms with Crippen LogP contribution in [0, 0.1) is 11.6 Å². The van der Waals surface area contributed by atoms with Gasteiger partial charge in [-0.25, -0.2) is 8.78 Å². The average molecular weight is 318 g/mol. The lowest BCUT2D eigenvalue weighted by Crippen LogP contribution is -2.20. The Hall–Kier alpha value is -1.82. The standard InChI is InChI=1S/C17H20F2N4/c1-22(9-11-2-7-14(18)15(19)8-11)10-16-20-21-17(12-3-4-12)23(16)13-5-6-13/h2,7-8,12-13H,3-6,9-10H2,1H3. The Morgan fingerprint density at radius 2 is 1.87 bits per heavy atom. The van der Waals surface area contributed by atoms with Crippen LogP contribution < -0.4 is 0 Å². The third kappa shape index (κ3) is 3.13. The van der Waals surface area contributed by atoms with Crippen LogP contribution in [-0.4, -0.2) is 26.7 Å². The Labute approximate surface area is 134 Å². The summed E-state index contributed by atoms with van der Waals surface area (Å²) < 4.78 is 28.6. The zero-order valence-electron chi connectivity index (χ0n) is 13.2. The second-order valence-corrected chi connectivity index (χ2v) is 6.77. The van der Waals surface area contributed by atoms with Crippen molar-refractivity contribution < 1.29 is 8.78 Å². The first-order valence-corrected chi connectivity index (χ1v) is 8.18. The number of nitrogens with zero attached hydrogens (tertiary/aromatic N) is 4. The predicted molar refractivity (Wildman–Crippen MR) is 81.8 cm³/mol. The van der Waals surface area contributed by atoms with Gasteiger partial charge in [-0.15, -0.1) is 10.2 Å². The summed E-state index contributed by atoms with van der Waals surface area (Å²) in [6.45, 7) is 1.21. The number of hydrogen-bond donors (Lipinski definition) is 0. The summed E-state index contributed by atoms with van der Waals surface area (Å²) in [4.78, 5) is 2.06. The molecule has 2 aliphatic rings. The summed E-state index contributed by atoms with van der Waals surface area (Å²) in [5.74, 6) is 1.11. The molecule has 0 spiro atoms. The van der Waals surface area contributed by atoms with E-state index in [0.717, 1.165) is 17.2 Å². The Morgan fingerprint density at radius 3 is 2.52 bits per heavy atom. The van der Waals surface area contributed by atoms with Crippen molar-refractivity contribution in [3.05, 3.63) is 47.0 Å². The zero-order valence-corrected chi connectivity index (χ0v) is 13.2. The van der Waals surface area contributed by atoms with Gasteiger partial charge < -0.3 is 4.57 Å². The fourth-order valence-corrected chi connectivity index (χ4v) is 3.04. The molecule has 4 nitrogen and oxygen atoms in total. The fraction of sp³-hybridized carbons (Fsp3) is 0.529. The number of benzene rings is 1. The van der Waals surface area contributed by atoms with E-state index in [0.29, 0.717) is 25.0 Å². The number of rotatable bonds is 6. The van der Waals surface area contributed by atoms with Crippen LogP contribution in [0.2, 0.25) is 0 Å².